The highest BCUT2D eigenvalue weighted by Gasteiger charge is 2.56. The summed E-state index contributed by atoms with van der Waals surface area (Å²) in [6.07, 6.45) is 1.94. The minimum absolute atomic E-state index is 0.124. The molecular weight excluding hydrogens is 378 g/mol. The summed E-state index contributed by atoms with van der Waals surface area (Å²) >= 11 is 0. The van der Waals surface area contributed by atoms with Gasteiger partial charge < -0.3 is 20.6 Å². The SMILES string of the molecule is CC(=N)/C(C(C)=O)=C(/O)COC(=O)CN1C(=O)NC2(CC(C)CC(C)(C)C2)C1=O. The Bertz CT molecular complexity index is 784. The van der Waals surface area contributed by atoms with Crippen molar-refractivity contribution in [1.29, 1.82) is 5.41 Å². The van der Waals surface area contributed by atoms with Crippen molar-refractivity contribution in [2.24, 2.45) is 11.3 Å². The van der Waals surface area contributed by atoms with Crippen molar-refractivity contribution >= 4 is 29.4 Å². The van der Waals surface area contributed by atoms with Gasteiger partial charge in [-0.2, -0.15) is 0 Å². The van der Waals surface area contributed by atoms with E-state index in [0.717, 1.165) is 11.3 Å². The highest BCUT2D eigenvalue weighted by molar-refractivity contribution is 6.20. The molecule has 3 amide bonds. The van der Waals surface area contributed by atoms with Gasteiger partial charge in [0.2, 0.25) is 0 Å². The topological polar surface area (TPSA) is 137 Å². The fraction of sp³-hybridized carbons (Fsp3) is 0.650. The number of allylic oxidation sites excluding steroid dienone is 1. The lowest BCUT2D eigenvalue weighted by atomic mass is 9.64. The minimum atomic E-state index is -1.01. The van der Waals surface area contributed by atoms with E-state index in [1.807, 2.05) is 20.8 Å². The molecule has 9 nitrogen and oxygen atoms in total. The molecule has 1 saturated carbocycles. The summed E-state index contributed by atoms with van der Waals surface area (Å²) < 4.78 is 4.91. The summed E-state index contributed by atoms with van der Waals surface area (Å²) in [5.41, 5.74) is -1.53. The largest absolute Gasteiger partial charge is 0.508 e. The van der Waals surface area contributed by atoms with Crippen LogP contribution >= 0.6 is 0 Å². The lowest BCUT2D eigenvalue weighted by Gasteiger charge is -2.43. The Kier molecular flexibility index (Phi) is 6.20. The Morgan fingerprint density at radius 2 is 1.90 bits per heavy atom. The van der Waals surface area contributed by atoms with Gasteiger partial charge in [-0.05, 0) is 44.4 Å². The molecular formula is C20H29N3O6. The number of nitrogens with zero attached hydrogens (tertiary/aromatic N) is 1. The molecule has 1 aliphatic carbocycles. The number of aliphatic hydroxyl groups excluding tert-OH is 1. The summed E-state index contributed by atoms with van der Waals surface area (Å²) in [7, 11) is 0. The third kappa shape index (κ3) is 4.83. The molecule has 0 radical (unpaired) electrons. The molecule has 2 unspecified atom stereocenters. The molecule has 1 heterocycles. The van der Waals surface area contributed by atoms with Gasteiger partial charge in [0.05, 0.1) is 5.57 Å². The van der Waals surface area contributed by atoms with Crippen LogP contribution in [0.5, 0.6) is 0 Å². The third-order valence-electron chi connectivity index (χ3n) is 5.30. The second-order valence-corrected chi connectivity index (χ2v) is 8.92. The molecule has 2 atom stereocenters. The lowest BCUT2D eigenvalue weighted by Crippen LogP contribution is -2.54. The maximum atomic E-state index is 13.0. The molecule has 0 aromatic rings. The van der Waals surface area contributed by atoms with Crippen LogP contribution in [0, 0.1) is 16.7 Å². The van der Waals surface area contributed by atoms with E-state index < -0.39 is 48.1 Å². The first kappa shape index (κ1) is 22.6. The van der Waals surface area contributed by atoms with Crippen LogP contribution in [0.25, 0.3) is 0 Å². The number of Topliss-reactive ketones (excluding diaryl/α,β-unsaturated/α-hetero) is 1. The van der Waals surface area contributed by atoms with Crippen molar-refractivity contribution in [2.75, 3.05) is 13.2 Å². The maximum absolute atomic E-state index is 13.0. The smallest absolute Gasteiger partial charge is 0.326 e. The lowest BCUT2D eigenvalue weighted by molar-refractivity contribution is -0.148. The molecule has 0 aromatic heterocycles. The van der Waals surface area contributed by atoms with E-state index in [0.29, 0.717) is 12.8 Å². The van der Waals surface area contributed by atoms with E-state index >= 15 is 0 Å². The third-order valence-corrected chi connectivity index (χ3v) is 5.30. The molecule has 9 heteroatoms. The molecule has 3 N–H and O–H groups in total. The predicted octanol–water partition coefficient (Wildman–Crippen LogP) is 2.11. The number of carbonyl (C=O) groups excluding carboxylic acids is 4. The standard InChI is InChI=1S/C20H29N3O6/c1-11-6-19(4,5)10-20(7-11)17(27)23(18(28)22-20)8-15(26)29-9-14(25)16(12(2)21)13(3)24/h11,21,25H,6-10H2,1-5H3,(H,22,28)/b16-14-,21-12?. The van der Waals surface area contributed by atoms with E-state index in [2.05, 4.69) is 5.32 Å². The van der Waals surface area contributed by atoms with Crippen LogP contribution in [-0.2, 0) is 19.1 Å². The van der Waals surface area contributed by atoms with Gasteiger partial charge in [-0.3, -0.25) is 19.3 Å². The molecule has 0 aromatic carbocycles. The van der Waals surface area contributed by atoms with Crippen molar-refractivity contribution in [3.8, 4) is 0 Å². The monoisotopic (exact) mass is 407 g/mol. The predicted molar refractivity (Wildman–Crippen MR) is 104 cm³/mol. The van der Waals surface area contributed by atoms with Gasteiger partial charge in [0.25, 0.3) is 5.91 Å². The van der Waals surface area contributed by atoms with Crippen LogP contribution in [-0.4, -0.2) is 58.1 Å². The van der Waals surface area contributed by atoms with E-state index in [1.54, 1.807) is 0 Å². The quantitative estimate of drug-likeness (QED) is 0.203. The second-order valence-electron chi connectivity index (χ2n) is 8.92. The fourth-order valence-electron chi connectivity index (χ4n) is 4.73. The molecule has 2 aliphatic rings. The van der Waals surface area contributed by atoms with Gasteiger partial charge in [0.1, 0.15) is 24.4 Å². The Labute approximate surface area is 170 Å². The Hall–Kier alpha value is -2.71. The van der Waals surface area contributed by atoms with Crippen LogP contribution in [0.15, 0.2) is 11.3 Å². The number of hydrogen-bond acceptors (Lipinski definition) is 7. The summed E-state index contributed by atoms with van der Waals surface area (Å²) in [6.45, 7) is 7.43. The summed E-state index contributed by atoms with van der Waals surface area (Å²) in [5, 5.41) is 20.2. The van der Waals surface area contributed by atoms with Crippen molar-refractivity contribution in [2.45, 2.75) is 59.4 Å². The van der Waals surface area contributed by atoms with Crippen LogP contribution in [0.4, 0.5) is 4.79 Å². The normalized spacial score (nSPS) is 26.8. The van der Waals surface area contributed by atoms with E-state index in [4.69, 9.17) is 10.1 Å². The number of carbonyl (C=O) groups is 4. The first-order valence-corrected chi connectivity index (χ1v) is 9.56. The van der Waals surface area contributed by atoms with Crippen LogP contribution in [0.2, 0.25) is 0 Å². The van der Waals surface area contributed by atoms with Crippen molar-refractivity contribution in [1.82, 2.24) is 10.2 Å². The minimum Gasteiger partial charge on any atom is -0.508 e. The highest BCUT2D eigenvalue weighted by Crippen LogP contribution is 2.46. The average Bonchev–Trinajstić information content (AvgIpc) is 2.73. The van der Waals surface area contributed by atoms with Crippen LogP contribution < -0.4 is 5.32 Å². The summed E-state index contributed by atoms with van der Waals surface area (Å²) in [6, 6.07) is -0.642. The van der Waals surface area contributed by atoms with Gasteiger partial charge in [-0.25, -0.2) is 4.79 Å². The molecule has 2 fully saturated rings. The van der Waals surface area contributed by atoms with Gasteiger partial charge in [0, 0.05) is 5.71 Å². The fourth-order valence-corrected chi connectivity index (χ4v) is 4.73. The number of nitrogens with one attached hydrogen (secondary N) is 2. The molecule has 2 rings (SSSR count). The molecule has 0 bridgehead atoms. The van der Waals surface area contributed by atoms with Gasteiger partial charge in [-0.15, -0.1) is 0 Å². The molecule has 1 aliphatic heterocycles. The maximum Gasteiger partial charge on any atom is 0.326 e. The first-order chi connectivity index (χ1) is 13.3. The van der Waals surface area contributed by atoms with Gasteiger partial charge >= 0.3 is 12.0 Å². The Morgan fingerprint density at radius 1 is 1.28 bits per heavy atom. The van der Waals surface area contributed by atoms with E-state index in [1.165, 1.54) is 13.8 Å². The highest BCUT2D eigenvalue weighted by atomic mass is 16.5. The van der Waals surface area contributed by atoms with Gasteiger partial charge in [-0.1, -0.05) is 20.8 Å². The number of imide groups is 1. The molecule has 1 saturated heterocycles. The number of ketones is 1. The number of urea groups is 1. The number of aliphatic hydroxyl groups is 1. The Morgan fingerprint density at radius 3 is 2.41 bits per heavy atom. The number of ether oxygens (including phenoxy) is 1. The summed E-state index contributed by atoms with van der Waals surface area (Å²) in [4.78, 5) is 49.9. The average molecular weight is 407 g/mol. The number of rotatable bonds is 6. The molecule has 1 spiro atoms. The Balaban J connectivity index is 2.07. The van der Waals surface area contributed by atoms with Crippen molar-refractivity contribution in [3.63, 3.8) is 0 Å². The van der Waals surface area contributed by atoms with E-state index in [9.17, 15) is 24.3 Å². The molecule has 160 valence electrons. The van der Waals surface area contributed by atoms with Crippen LogP contribution in [0.1, 0.15) is 53.9 Å². The number of esters is 1. The summed E-state index contributed by atoms with van der Waals surface area (Å²) in [5.74, 6) is -2.18. The van der Waals surface area contributed by atoms with Gasteiger partial charge in [0.15, 0.2) is 5.78 Å². The number of hydrogen-bond donors (Lipinski definition) is 3. The van der Waals surface area contributed by atoms with Crippen molar-refractivity contribution in [3.05, 3.63) is 11.3 Å². The first-order valence-electron chi connectivity index (χ1n) is 9.56. The number of amides is 3. The van der Waals surface area contributed by atoms with Crippen LogP contribution in [0.3, 0.4) is 0 Å². The second kappa shape index (κ2) is 7.96. The van der Waals surface area contributed by atoms with E-state index in [-0.39, 0.29) is 22.6 Å². The zero-order valence-corrected chi connectivity index (χ0v) is 17.5. The zero-order chi connectivity index (χ0) is 22.1. The van der Waals surface area contributed by atoms with Crippen molar-refractivity contribution < 1.29 is 29.0 Å². The zero-order valence-electron chi connectivity index (χ0n) is 17.5. The molecule has 29 heavy (non-hydrogen) atoms.